The number of halogens is 3. The second-order valence-corrected chi connectivity index (χ2v) is 5.46. The Kier molecular flexibility index (Phi) is 4.46. The number of hydrogen-bond acceptors (Lipinski definition) is 1. The number of aryl methyl sites for hydroxylation is 1. The molecule has 1 atom stereocenters. The fourth-order valence-corrected chi connectivity index (χ4v) is 2.43. The summed E-state index contributed by atoms with van der Waals surface area (Å²) in [5.41, 5.74) is 8.95. The highest BCUT2D eigenvalue weighted by Crippen LogP contribution is 2.23. The van der Waals surface area contributed by atoms with E-state index < -0.39 is 5.82 Å². The second kappa shape index (κ2) is 5.91. The van der Waals surface area contributed by atoms with E-state index in [0.717, 1.165) is 16.7 Å². The summed E-state index contributed by atoms with van der Waals surface area (Å²) < 4.78 is 13.4. The summed E-state index contributed by atoms with van der Waals surface area (Å²) in [5, 5.41) is 0.781. The van der Waals surface area contributed by atoms with Crippen LogP contribution in [0.3, 0.4) is 0 Å². The van der Waals surface area contributed by atoms with E-state index in [1.54, 1.807) is 12.1 Å². The molecule has 1 nitrogen and oxygen atoms in total. The molecule has 0 aliphatic heterocycles. The molecule has 0 aliphatic rings. The Morgan fingerprint density at radius 3 is 2.53 bits per heavy atom. The zero-order valence-corrected chi connectivity index (χ0v) is 12.0. The molecule has 19 heavy (non-hydrogen) atoms. The Morgan fingerprint density at radius 2 is 1.89 bits per heavy atom. The van der Waals surface area contributed by atoms with Gasteiger partial charge in [0.1, 0.15) is 5.82 Å². The molecule has 0 amide bonds. The first-order valence-electron chi connectivity index (χ1n) is 5.92. The van der Waals surface area contributed by atoms with Gasteiger partial charge in [0, 0.05) is 11.1 Å². The number of benzene rings is 2. The smallest absolute Gasteiger partial charge is 0.142 e. The minimum absolute atomic E-state index is 0.121. The molecule has 0 fully saturated rings. The van der Waals surface area contributed by atoms with E-state index in [-0.39, 0.29) is 11.1 Å². The van der Waals surface area contributed by atoms with Crippen molar-refractivity contribution in [2.45, 2.75) is 19.4 Å². The van der Waals surface area contributed by atoms with Gasteiger partial charge in [0.2, 0.25) is 0 Å². The van der Waals surface area contributed by atoms with Crippen LogP contribution < -0.4 is 5.73 Å². The molecule has 1 unspecified atom stereocenters. The molecule has 0 heterocycles. The van der Waals surface area contributed by atoms with Crippen LogP contribution in [0, 0.1) is 12.7 Å². The Morgan fingerprint density at radius 1 is 1.16 bits per heavy atom. The highest BCUT2D eigenvalue weighted by molar-refractivity contribution is 6.31. The second-order valence-electron chi connectivity index (χ2n) is 4.62. The van der Waals surface area contributed by atoms with E-state index in [4.69, 9.17) is 28.9 Å². The molecule has 2 N–H and O–H groups in total. The van der Waals surface area contributed by atoms with Crippen LogP contribution in [0.15, 0.2) is 36.4 Å². The van der Waals surface area contributed by atoms with Crippen LogP contribution in [0.2, 0.25) is 10.0 Å². The van der Waals surface area contributed by atoms with Crippen molar-refractivity contribution in [2.75, 3.05) is 0 Å². The van der Waals surface area contributed by atoms with Gasteiger partial charge in [0.15, 0.2) is 0 Å². The molecule has 0 bridgehead atoms. The van der Waals surface area contributed by atoms with Crippen molar-refractivity contribution >= 4 is 23.2 Å². The fraction of sp³-hybridized carbons (Fsp3) is 0.200. The van der Waals surface area contributed by atoms with E-state index in [1.165, 1.54) is 6.07 Å². The summed E-state index contributed by atoms with van der Waals surface area (Å²) in [6.07, 6.45) is 0.536. The summed E-state index contributed by atoms with van der Waals surface area (Å²) in [6, 6.07) is 10.2. The SMILES string of the molecule is Cc1cc(Cl)cc(C(N)Cc2ccc(Cl)c(F)c2)c1. The summed E-state index contributed by atoms with van der Waals surface area (Å²) in [5.74, 6) is -0.423. The third-order valence-electron chi connectivity index (χ3n) is 2.93. The Bertz CT molecular complexity index is 578. The highest BCUT2D eigenvalue weighted by Gasteiger charge is 2.10. The largest absolute Gasteiger partial charge is 0.324 e. The molecule has 2 rings (SSSR count). The molecule has 100 valence electrons. The predicted molar refractivity (Wildman–Crippen MR) is 78.2 cm³/mol. The molecule has 0 saturated heterocycles. The summed E-state index contributed by atoms with van der Waals surface area (Å²) >= 11 is 11.7. The average molecular weight is 298 g/mol. The van der Waals surface area contributed by atoms with Crippen LogP contribution in [-0.4, -0.2) is 0 Å². The Labute approximate surface area is 122 Å². The number of hydrogen-bond donors (Lipinski definition) is 1. The van der Waals surface area contributed by atoms with E-state index in [0.29, 0.717) is 11.4 Å². The van der Waals surface area contributed by atoms with Crippen LogP contribution in [0.25, 0.3) is 0 Å². The predicted octanol–water partition coefficient (Wildman–Crippen LogP) is 4.68. The fourth-order valence-electron chi connectivity index (χ4n) is 2.02. The molecule has 4 heteroatoms. The van der Waals surface area contributed by atoms with Gasteiger partial charge in [-0.1, -0.05) is 35.3 Å². The van der Waals surface area contributed by atoms with Gasteiger partial charge in [0.05, 0.1) is 5.02 Å². The quantitative estimate of drug-likeness (QED) is 0.874. The molecular weight excluding hydrogens is 284 g/mol. The van der Waals surface area contributed by atoms with E-state index in [2.05, 4.69) is 0 Å². The average Bonchev–Trinajstić information content (AvgIpc) is 2.32. The third kappa shape index (κ3) is 3.69. The van der Waals surface area contributed by atoms with E-state index in [1.807, 2.05) is 25.1 Å². The zero-order chi connectivity index (χ0) is 14.0. The summed E-state index contributed by atoms with van der Waals surface area (Å²) in [4.78, 5) is 0. The summed E-state index contributed by atoms with van der Waals surface area (Å²) in [7, 11) is 0. The lowest BCUT2D eigenvalue weighted by Crippen LogP contribution is -2.13. The van der Waals surface area contributed by atoms with Crippen LogP contribution in [-0.2, 0) is 6.42 Å². The van der Waals surface area contributed by atoms with Crippen molar-refractivity contribution < 1.29 is 4.39 Å². The van der Waals surface area contributed by atoms with Crippen molar-refractivity contribution in [3.8, 4) is 0 Å². The van der Waals surface area contributed by atoms with Crippen molar-refractivity contribution in [2.24, 2.45) is 5.73 Å². The van der Waals surface area contributed by atoms with Gasteiger partial charge in [-0.15, -0.1) is 0 Å². The maximum Gasteiger partial charge on any atom is 0.142 e. The Balaban J connectivity index is 2.20. The minimum atomic E-state index is -0.423. The van der Waals surface area contributed by atoms with Crippen molar-refractivity contribution in [3.05, 3.63) is 69.0 Å². The van der Waals surface area contributed by atoms with Crippen molar-refractivity contribution in [1.82, 2.24) is 0 Å². The number of rotatable bonds is 3. The van der Waals surface area contributed by atoms with Gasteiger partial charge >= 0.3 is 0 Å². The first-order chi connectivity index (χ1) is 8.95. The van der Waals surface area contributed by atoms with Gasteiger partial charge in [-0.2, -0.15) is 0 Å². The molecule has 0 spiro atoms. The molecule has 2 aromatic carbocycles. The van der Waals surface area contributed by atoms with Gasteiger partial charge in [-0.25, -0.2) is 4.39 Å². The van der Waals surface area contributed by atoms with E-state index in [9.17, 15) is 4.39 Å². The normalized spacial score (nSPS) is 12.5. The first kappa shape index (κ1) is 14.3. The van der Waals surface area contributed by atoms with Gasteiger partial charge in [-0.3, -0.25) is 0 Å². The lowest BCUT2D eigenvalue weighted by Gasteiger charge is -2.14. The van der Waals surface area contributed by atoms with Gasteiger partial charge in [-0.05, 0) is 54.3 Å². The van der Waals surface area contributed by atoms with Crippen LogP contribution in [0.4, 0.5) is 4.39 Å². The first-order valence-corrected chi connectivity index (χ1v) is 6.68. The summed E-state index contributed by atoms with van der Waals surface area (Å²) in [6.45, 7) is 1.96. The molecule has 0 aromatic heterocycles. The van der Waals surface area contributed by atoms with Crippen molar-refractivity contribution in [1.29, 1.82) is 0 Å². The molecule has 2 aromatic rings. The van der Waals surface area contributed by atoms with Crippen LogP contribution >= 0.6 is 23.2 Å². The molecular formula is C15H14Cl2FN. The minimum Gasteiger partial charge on any atom is -0.324 e. The van der Waals surface area contributed by atoms with Gasteiger partial charge in [0.25, 0.3) is 0 Å². The number of nitrogens with two attached hydrogens (primary N) is 1. The topological polar surface area (TPSA) is 26.0 Å². The lowest BCUT2D eigenvalue weighted by molar-refractivity contribution is 0.622. The van der Waals surface area contributed by atoms with Crippen LogP contribution in [0.1, 0.15) is 22.7 Å². The maximum absolute atomic E-state index is 13.4. The molecule has 0 radical (unpaired) electrons. The molecule has 0 aliphatic carbocycles. The highest BCUT2D eigenvalue weighted by atomic mass is 35.5. The molecule has 0 saturated carbocycles. The van der Waals surface area contributed by atoms with Crippen LogP contribution in [0.5, 0.6) is 0 Å². The lowest BCUT2D eigenvalue weighted by atomic mass is 9.98. The zero-order valence-electron chi connectivity index (χ0n) is 10.5. The Hall–Kier alpha value is -1.09. The van der Waals surface area contributed by atoms with Gasteiger partial charge < -0.3 is 5.73 Å². The third-order valence-corrected chi connectivity index (χ3v) is 3.46. The van der Waals surface area contributed by atoms with Crippen molar-refractivity contribution in [3.63, 3.8) is 0 Å². The monoisotopic (exact) mass is 297 g/mol. The maximum atomic E-state index is 13.4. The standard InChI is InChI=1S/C15H14Cl2FN/c1-9-4-11(8-12(16)5-9)15(19)7-10-2-3-13(17)14(18)6-10/h2-6,8,15H,7,19H2,1H3. The van der Waals surface area contributed by atoms with E-state index >= 15 is 0 Å².